The van der Waals surface area contributed by atoms with Crippen LogP contribution in [0.3, 0.4) is 0 Å². The van der Waals surface area contributed by atoms with Crippen molar-refractivity contribution in [3.05, 3.63) is 29.3 Å². The van der Waals surface area contributed by atoms with Crippen LogP contribution in [0, 0.1) is 19.3 Å². The number of hydrogen-bond donors (Lipinski definition) is 2. The Balaban J connectivity index is 2.40. The maximum atomic E-state index is 11.9. The monoisotopic (exact) mass is 368 g/mol. The molecule has 1 rings (SSSR count). The maximum absolute atomic E-state index is 11.9. The maximum Gasteiger partial charge on any atom is 0.234 e. The highest BCUT2D eigenvalue weighted by Crippen LogP contribution is 2.25. The highest BCUT2D eigenvalue weighted by Gasteiger charge is 2.28. The molecule has 0 aliphatic heterocycles. The van der Waals surface area contributed by atoms with E-state index in [1.54, 1.807) is 0 Å². The Morgan fingerprint density at radius 1 is 1.18 bits per heavy atom. The number of carbonyl (C=O) groups excluding carboxylic acids is 2. The van der Waals surface area contributed by atoms with Crippen molar-refractivity contribution in [1.82, 2.24) is 5.32 Å². The van der Waals surface area contributed by atoms with Crippen LogP contribution in [0.1, 0.15) is 38.3 Å². The van der Waals surface area contributed by atoms with Crippen molar-refractivity contribution < 1.29 is 9.59 Å². The Labute approximate surface area is 141 Å². The van der Waals surface area contributed by atoms with Gasteiger partial charge in [-0.25, -0.2) is 0 Å². The largest absolute Gasteiger partial charge is 0.355 e. The van der Waals surface area contributed by atoms with Crippen molar-refractivity contribution in [2.24, 2.45) is 5.41 Å². The van der Waals surface area contributed by atoms with Crippen molar-refractivity contribution in [3.8, 4) is 0 Å². The quantitative estimate of drug-likeness (QED) is 0.780. The molecule has 0 fully saturated rings. The Morgan fingerprint density at radius 2 is 1.82 bits per heavy atom. The summed E-state index contributed by atoms with van der Waals surface area (Å²) in [5.74, 6) is -0.197. The first kappa shape index (κ1) is 18.7. The second kappa shape index (κ2) is 7.77. The molecule has 0 aromatic heterocycles. The van der Waals surface area contributed by atoms with E-state index in [1.165, 1.54) is 5.56 Å². The van der Waals surface area contributed by atoms with E-state index >= 15 is 0 Å². The Bertz CT molecular complexity index is 550. The van der Waals surface area contributed by atoms with Gasteiger partial charge in [-0.15, -0.1) is 0 Å². The first-order chi connectivity index (χ1) is 10.1. The number of anilines is 1. The van der Waals surface area contributed by atoms with Gasteiger partial charge in [-0.1, -0.05) is 42.8 Å². The van der Waals surface area contributed by atoms with Crippen LogP contribution in [-0.2, 0) is 9.59 Å². The van der Waals surface area contributed by atoms with Crippen LogP contribution < -0.4 is 10.6 Å². The van der Waals surface area contributed by atoms with Crippen LogP contribution in [0.4, 0.5) is 5.69 Å². The van der Waals surface area contributed by atoms with Crippen molar-refractivity contribution in [2.45, 2.75) is 45.9 Å². The van der Waals surface area contributed by atoms with Gasteiger partial charge in [0.25, 0.3) is 0 Å². The molecule has 1 aromatic rings. The van der Waals surface area contributed by atoms with Gasteiger partial charge in [0.1, 0.15) is 0 Å². The predicted octanol–water partition coefficient (Wildman–Crippen LogP) is 3.56. The number of hydrogen-bond acceptors (Lipinski definition) is 2. The Hall–Kier alpha value is -1.36. The smallest absolute Gasteiger partial charge is 0.234 e. The lowest BCUT2D eigenvalue weighted by atomic mass is 9.92. The summed E-state index contributed by atoms with van der Waals surface area (Å²) in [6.07, 6.45) is 0.253. The summed E-state index contributed by atoms with van der Waals surface area (Å²) >= 11 is 3.39. The van der Waals surface area contributed by atoms with E-state index in [2.05, 4.69) is 26.6 Å². The van der Waals surface area contributed by atoms with Gasteiger partial charge in [-0.3, -0.25) is 9.59 Å². The molecular weight excluding hydrogens is 344 g/mol. The molecule has 0 saturated heterocycles. The molecule has 0 aliphatic carbocycles. The van der Waals surface area contributed by atoms with Crippen LogP contribution in [0.5, 0.6) is 0 Å². The number of rotatable bonds is 5. The SMILES string of the molecule is Cc1ccc(NC(=O)CCNC(=O)[C@H](Br)C(C)(C)C)cc1C. The summed E-state index contributed by atoms with van der Waals surface area (Å²) in [6.45, 7) is 10.3. The van der Waals surface area contributed by atoms with Crippen LogP contribution >= 0.6 is 15.9 Å². The molecule has 0 unspecified atom stereocenters. The second-order valence-electron chi connectivity index (χ2n) is 6.62. The first-order valence-electron chi connectivity index (χ1n) is 7.40. The van der Waals surface area contributed by atoms with E-state index in [0.29, 0.717) is 6.54 Å². The molecule has 1 aromatic carbocycles. The molecule has 0 aliphatic rings. The molecule has 2 N–H and O–H groups in total. The molecule has 122 valence electrons. The van der Waals surface area contributed by atoms with E-state index in [1.807, 2.05) is 52.8 Å². The van der Waals surface area contributed by atoms with Crippen LogP contribution in [0.15, 0.2) is 18.2 Å². The van der Waals surface area contributed by atoms with Gasteiger partial charge in [-0.05, 0) is 42.5 Å². The van der Waals surface area contributed by atoms with Crippen molar-refractivity contribution in [1.29, 1.82) is 0 Å². The molecule has 0 saturated carbocycles. The molecule has 0 bridgehead atoms. The van der Waals surface area contributed by atoms with Crippen molar-refractivity contribution >= 4 is 33.4 Å². The van der Waals surface area contributed by atoms with Gasteiger partial charge in [-0.2, -0.15) is 0 Å². The van der Waals surface area contributed by atoms with E-state index in [4.69, 9.17) is 0 Å². The standard InChI is InChI=1S/C17H25BrN2O2/c1-11-6-7-13(10-12(11)2)20-14(21)8-9-19-16(22)15(18)17(3,4)5/h6-7,10,15H,8-9H2,1-5H3,(H,19,22)(H,20,21)/t15-/m0/s1. The number of alkyl halides is 1. The Morgan fingerprint density at radius 3 is 2.36 bits per heavy atom. The highest BCUT2D eigenvalue weighted by molar-refractivity contribution is 9.10. The second-order valence-corrected chi connectivity index (χ2v) is 7.53. The summed E-state index contributed by atoms with van der Waals surface area (Å²) in [4.78, 5) is 23.5. The van der Waals surface area contributed by atoms with Gasteiger partial charge in [0.15, 0.2) is 0 Å². The molecule has 0 radical (unpaired) electrons. The van der Waals surface area contributed by atoms with E-state index in [9.17, 15) is 9.59 Å². The fourth-order valence-corrected chi connectivity index (χ4v) is 1.99. The third kappa shape index (κ3) is 5.79. The number of halogens is 1. The molecule has 22 heavy (non-hydrogen) atoms. The third-order valence-electron chi connectivity index (χ3n) is 3.43. The lowest BCUT2D eigenvalue weighted by Crippen LogP contribution is -2.39. The zero-order valence-corrected chi connectivity index (χ0v) is 15.5. The summed E-state index contributed by atoms with van der Waals surface area (Å²) in [5, 5.41) is 5.62. The molecule has 1 atom stereocenters. The van der Waals surface area contributed by atoms with Crippen molar-refractivity contribution in [2.75, 3.05) is 11.9 Å². The number of benzene rings is 1. The van der Waals surface area contributed by atoms with Gasteiger partial charge in [0.2, 0.25) is 11.8 Å². The van der Waals surface area contributed by atoms with Crippen LogP contribution in [-0.4, -0.2) is 23.2 Å². The van der Waals surface area contributed by atoms with E-state index in [0.717, 1.165) is 11.3 Å². The average Bonchev–Trinajstić information content (AvgIpc) is 2.41. The lowest BCUT2D eigenvalue weighted by molar-refractivity contribution is -0.122. The lowest BCUT2D eigenvalue weighted by Gasteiger charge is -2.24. The zero-order valence-electron chi connectivity index (χ0n) is 13.9. The van der Waals surface area contributed by atoms with Crippen molar-refractivity contribution in [3.63, 3.8) is 0 Å². The molecule has 0 heterocycles. The van der Waals surface area contributed by atoms with Gasteiger partial charge < -0.3 is 10.6 Å². The fraction of sp³-hybridized carbons (Fsp3) is 0.529. The third-order valence-corrected chi connectivity index (χ3v) is 5.22. The first-order valence-corrected chi connectivity index (χ1v) is 8.31. The fourth-order valence-electron chi connectivity index (χ4n) is 1.82. The van der Waals surface area contributed by atoms with Gasteiger partial charge >= 0.3 is 0 Å². The van der Waals surface area contributed by atoms with Crippen LogP contribution in [0.2, 0.25) is 0 Å². The predicted molar refractivity (Wildman–Crippen MR) is 94.3 cm³/mol. The molecule has 5 heteroatoms. The minimum atomic E-state index is -0.275. The summed E-state index contributed by atoms with van der Waals surface area (Å²) < 4.78 is 0. The van der Waals surface area contributed by atoms with E-state index < -0.39 is 0 Å². The number of aryl methyl sites for hydroxylation is 2. The average molecular weight is 369 g/mol. The zero-order chi connectivity index (χ0) is 16.9. The normalized spacial score (nSPS) is 12.6. The molecular formula is C17H25BrN2O2. The van der Waals surface area contributed by atoms with E-state index in [-0.39, 0.29) is 28.5 Å². The molecule has 4 nitrogen and oxygen atoms in total. The number of nitrogens with one attached hydrogen (secondary N) is 2. The van der Waals surface area contributed by atoms with Gasteiger partial charge in [0, 0.05) is 18.7 Å². The minimum Gasteiger partial charge on any atom is -0.355 e. The Kier molecular flexibility index (Phi) is 6.60. The number of amides is 2. The summed E-state index contributed by atoms with van der Waals surface area (Å²) in [5.41, 5.74) is 2.95. The summed E-state index contributed by atoms with van der Waals surface area (Å²) in [6, 6.07) is 5.80. The molecule has 2 amide bonds. The summed E-state index contributed by atoms with van der Waals surface area (Å²) in [7, 11) is 0. The topological polar surface area (TPSA) is 58.2 Å². The minimum absolute atomic E-state index is 0.0912. The molecule has 0 spiro atoms. The highest BCUT2D eigenvalue weighted by atomic mass is 79.9. The number of carbonyl (C=O) groups is 2. The van der Waals surface area contributed by atoms with Crippen LogP contribution in [0.25, 0.3) is 0 Å². The van der Waals surface area contributed by atoms with Gasteiger partial charge in [0.05, 0.1) is 4.83 Å².